The number of rotatable bonds is 10. The Morgan fingerprint density at radius 1 is 0.971 bits per heavy atom. The molecule has 1 aliphatic heterocycles. The average molecular weight is 457 g/mol. The lowest BCUT2D eigenvalue weighted by Crippen LogP contribution is -2.46. The first kappa shape index (κ1) is 23.3. The van der Waals surface area contributed by atoms with Crippen molar-refractivity contribution in [1.29, 1.82) is 0 Å². The highest BCUT2D eigenvalue weighted by molar-refractivity contribution is 6.07. The van der Waals surface area contributed by atoms with Gasteiger partial charge >= 0.3 is 6.03 Å². The van der Waals surface area contributed by atoms with Crippen LogP contribution in [0.3, 0.4) is 0 Å². The minimum Gasteiger partial charge on any atom is -0.491 e. The van der Waals surface area contributed by atoms with E-state index in [9.17, 15) is 14.7 Å². The number of hydrogen-bond acceptors (Lipinski definition) is 4. The standard InChI is InChI=1S/C28H28N2O4/c1-2-11-22-14-9-10-17-25(22)34-20-24(31)19-30-26(32)28(29-27(30)33,23-15-7-4-8-16-23)18-21-12-5-3-6-13-21/h2-10,12-17,24,31H,1,11,18-20H2,(H,29,33)/t24-,28+/m1/s1. The molecule has 1 aliphatic rings. The van der Waals surface area contributed by atoms with Crippen LogP contribution >= 0.6 is 0 Å². The fraction of sp³-hybridized carbons (Fsp3) is 0.214. The van der Waals surface area contributed by atoms with Gasteiger partial charge in [-0.05, 0) is 29.2 Å². The van der Waals surface area contributed by atoms with Crippen molar-refractivity contribution in [2.24, 2.45) is 0 Å². The van der Waals surface area contributed by atoms with E-state index in [0.717, 1.165) is 16.0 Å². The van der Waals surface area contributed by atoms with Crippen LogP contribution in [-0.2, 0) is 23.2 Å². The molecule has 6 nitrogen and oxygen atoms in total. The van der Waals surface area contributed by atoms with Crippen LogP contribution in [0, 0.1) is 0 Å². The first-order chi connectivity index (χ1) is 16.5. The average Bonchev–Trinajstić information content (AvgIpc) is 3.10. The maximum Gasteiger partial charge on any atom is 0.325 e. The molecule has 3 aromatic carbocycles. The summed E-state index contributed by atoms with van der Waals surface area (Å²) in [6, 6.07) is 25.8. The number of carbonyl (C=O) groups excluding carboxylic acids is 2. The first-order valence-corrected chi connectivity index (χ1v) is 11.3. The summed E-state index contributed by atoms with van der Waals surface area (Å²) in [5.74, 6) is 0.250. The number of allylic oxidation sites excluding steroid dienone is 1. The first-order valence-electron chi connectivity index (χ1n) is 11.3. The molecule has 2 atom stereocenters. The van der Waals surface area contributed by atoms with E-state index in [1.807, 2.05) is 84.9 Å². The van der Waals surface area contributed by atoms with E-state index in [0.29, 0.717) is 24.2 Å². The van der Waals surface area contributed by atoms with Crippen LogP contribution in [-0.4, -0.2) is 41.2 Å². The lowest BCUT2D eigenvalue weighted by atomic mass is 9.83. The van der Waals surface area contributed by atoms with E-state index in [4.69, 9.17) is 4.74 Å². The predicted molar refractivity (Wildman–Crippen MR) is 130 cm³/mol. The second kappa shape index (κ2) is 10.4. The summed E-state index contributed by atoms with van der Waals surface area (Å²) in [6.07, 6.45) is 1.68. The molecule has 2 N–H and O–H groups in total. The van der Waals surface area contributed by atoms with E-state index in [1.165, 1.54) is 0 Å². The van der Waals surface area contributed by atoms with Gasteiger partial charge in [0.05, 0.1) is 6.54 Å². The molecule has 34 heavy (non-hydrogen) atoms. The molecule has 0 aromatic heterocycles. The van der Waals surface area contributed by atoms with Crippen molar-refractivity contribution in [2.75, 3.05) is 13.2 Å². The quantitative estimate of drug-likeness (QED) is 0.359. The van der Waals surface area contributed by atoms with Crippen molar-refractivity contribution < 1.29 is 19.4 Å². The highest BCUT2D eigenvalue weighted by Gasteiger charge is 2.52. The Kier molecular flexibility index (Phi) is 7.09. The molecule has 0 saturated carbocycles. The SMILES string of the molecule is C=CCc1ccccc1OC[C@H](O)CN1C(=O)N[C@@](Cc2ccccc2)(c2ccccc2)C1=O. The number of imide groups is 1. The third kappa shape index (κ3) is 4.87. The third-order valence-corrected chi connectivity index (χ3v) is 5.92. The van der Waals surface area contributed by atoms with Crippen molar-refractivity contribution in [1.82, 2.24) is 10.2 Å². The molecule has 0 radical (unpaired) electrons. The van der Waals surface area contributed by atoms with Gasteiger partial charge in [-0.3, -0.25) is 9.69 Å². The summed E-state index contributed by atoms with van der Waals surface area (Å²) in [5.41, 5.74) is 1.33. The number of ether oxygens (including phenoxy) is 1. The Bertz CT molecular complexity index is 1150. The van der Waals surface area contributed by atoms with Gasteiger partial charge in [0.1, 0.15) is 18.5 Å². The van der Waals surface area contributed by atoms with Gasteiger partial charge in [-0.2, -0.15) is 0 Å². The molecule has 1 saturated heterocycles. The number of nitrogens with one attached hydrogen (secondary N) is 1. The van der Waals surface area contributed by atoms with Crippen molar-refractivity contribution in [3.05, 3.63) is 114 Å². The van der Waals surface area contributed by atoms with Crippen LogP contribution < -0.4 is 10.1 Å². The summed E-state index contributed by atoms with van der Waals surface area (Å²) in [7, 11) is 0. The van der Waals surface area contributed by atoms with Gasteiger partial charge in [-0.25, -0.2) is 4.79 Å². The van der Waals surface area contributed by atoms with Crippen molar-refractivity contribution >= 4 is 11.9 Å². The van der Waals surface area contributed by atoms with Crippen LogP contribution in [0.15, 0.2) is 97.6 Å². The number of para-hydroxylation sites is 1. The Hall–Kier alpha value is -3.90. The zero-order valence-corrected chi connectivity index (χ0v) is 18.9. The zero-order chi connectivity index (χ0) is 24.0. The van der Waals surface area contributed by atoms with Crippen LogP contribution in [0.4, 0.5) is 4.79 Å². The summed E-state index contributed by atoms with van der Waals surface area (Å²) >= 11 is 0. The highest BCUT2D eigenvalue weighted by atomic mass is 16.5. The number of benzene rings is 3. The van der Waals surface area contributed by atoms with Gasteiger partial charge in [0.2, 0.25) is 0 Å². The van der Waals surface area contributed by atoms with E-state index < -0.39 is 23.6 Å². The minimum absolute atomic E-state index is 0.0533. The van der Waals surface area contributed by atoms with Gasteiger partial charge in [-0.15, -0.1) is 6.58 Å². The van der Waals surface area contributed by atoms with Gasteiger partial charge in [0, 0.05) is 6.42 Å². The largest absolute Gasteiger partial charge is 0.491 e. The molecule has 0 unspecified atom stereocenters. The Morgan fingerprint density at radius 2 is 1.62 bits per heavy atom. The number of aliphatic hydroxyl groups is 1. The normalized spacial score (nSPS) is 18.4. The number of nitrogens with zero attached hydrogens (tertiary/aromatic N) is 1. The zero-order valence-electron chi connectivity index (χ0n) is 18.9. The molecule has 1 heterocycles. The number of β-amino-alcohol motifs (C(OH)–C–C–N with tert-alkyl or cyclic N) is 1. The van der Waals surface area contributed by atoms with E-state index in [1.54, 1.807) is 6.08 Å². The van der Waals surface area contributed by atoms with Crippen LogP contribution in [0.1, 0.15) is 16.7 Å². The fourth-order valence-electron chi connectivity index (χ4n) is 4.25. The summed E-state index contributed by atoms with van der Waals surface area (Å²) < 4.78 is 5.80. The molecule has 3 amide bonds. The lowest BCUT2D eigenvalue weighted by Gasteiger charge is -2.28. The number of hydrogen-bond donors (Lipinski definition) is 2. The second-order valence-corrected chi connectivity index (χ2v) is 8.34. The summed E-state index contributed by atoms with van der Waals surface area (Å²) in [4.78, 5) is 27.7. The molecule has 0 spiro atoms. The Balaban J connectivity index is 1.51. The van der Waals surface area contributed by atoms with Crippen molar-refractivity contribution in [2.45, 2.75) is 24.5 Å². The van der Waals surface area contributed by atoms with Crippen molar-refractivity contribution in [3.63, 3.8) is 0 Å². The van der Waals surface area contributed by atoms with Gasteiger partial charge in [-0.1, -0.05) is 84.9 Å². The summed E-state index contributed by atoms with van der Waals surface area (Å²) in [5, 5.41) is 13.6. The van der Waals surface area contributed by atoms with Crippen LogP contribution in [0.2, 0.25) is 0 Å². The molecule has 4 rings (SSSR count). The van der Waals surface area contributed by atoms with Crippen LogP contribution in [0.5, 0.6) is 5.75 Å². The maximum absolute atomic E-state index is 13.7. The molecular formula is C28H28N2O4. The number of carbonyl (C=O) groups is 2. The number of amides is 3. The van der Waals surface area contributed by atoms with Gasteiger partial charge < -0.3 is 15.2 Å². The molecule has 0 bridgehead atoms. The van der Waals surface area contributed by atoms with Crippen molar-refractivity contribution in [3.8, 4) is 5.75 Å². The summed E-state index contributed by atoms with van der Waals surface area (Å²) in [6.45, 7) is 3.53. The number of urea groups is 1. The molecular weight excluding hydrogens is 428 g/mol. The monoisotopic (exact) mass is 456 g/mol. The fourth-order valence-corrected chi connectivity index (χ4v) is 4.25. The molecule has 0 aliphatic carbocycles. The third-order valence-electron chi connectivity index (χ3n) is 5.92. The molecule has 6 heteroatoms. The van der Waals surface area contributed by atoms with E-state index in [-0.39, 0.29) is 13.2 Å². The molecule has 174 valence electrons. The second-order valence-electron chi connectivity index (χ2n) is 8.34. The highest BCUT2D eigenvalue weighted by Crippen LogP contribution is 2.33. The smallest absolute Gasteiger partial charge is 0.325 e. The Morgan fingerprint density at radius 3 is 2.32 bits per heavy atom. The number of aliphatic hydroxyl groups excluding tert-OH is 1. The lowest BCUT2D eigenvalue weighted by molar-refractivity contribution is -0.132. The molecule has 3 aromatic rings. The van der Waals surface area contributed by atoms with Gasteiger partial charge in [0.15, 0.2) is 5.54 Å². The minimum atomic E-state index is -1.24. The predicted octanol–water partition coefficient (Wildman–Crippen LogP) is 3.84. The van der Waals surface area contributed by atoms with Gasteiger partial charge in [0.25, 0.3) is 5.91 Å². The van der Waals surface area contributed by atoms with Crippen LogP contribution in [0.25, 0.3) is 0 Å². The topological polar surface area (TPSA) is 78.9 Å². The van der Waals surface area contributed by atoms with E-state index >= 15 is 0 Å². The molecule has 1 fully saturated rings. The maximum atomic E-state index is 13.7. The van der Waals surface area contributed by atoms with E-state index in [2.05, 4.69) is 11.9 Å². The Labute approximate surface area is 199 Å².